The SMILES string of the molecule is O=C(O)[C@H]1[C@H](C(=O)N2CCN(c3ccc(Cl)c(Cl)c3)CC2)[C@H]2CC[C@H]1O2. The maximum atomic E-state index is 13.0. The Kier molecular flexibility index (Phi) is 4.75. The second-order valence-electron chi connectivity index (χ2n) is 7.09. The van der Waals surface area contributed by atoms with E-state index >= 15 is 0 Å². The Bertz CT molecular complexity index is 736. The van der Waals surface area contributed by atoms with Crippen LogP contribution in [0.3, 0.4) is 0 Å². The van der Waals surface area contributed by atoms with Gasteiger partial charge in [0.05, 0.1) is 34.1 Å². The van der Waals surface area contributed by atoms with Gasteiger partial charge in [-0.05, 0) is 31.0 Å². The minimum atomic E-state index is -0.926. The van der Waals surface area contributed by atoms with E-state index in [0.29, 0.717) is 36.2 Å². The third-order valence-electron chi connectivity index (χ3n) is 5.70. The number of fused-ring (bicyclic) bond motifs is 2. The zero-order valence-corrected chi connectivity index (χ0v) is 15.6. The number of hydrogen-bond donors (Lipinski definition) is 1. The first-order valence-electron chi connectivity index (χ1n) is 8.83. The normalized spacial score (nSPS) is 30.7. The van der Waals surface area contributed by atoms with Crippen molar-refractivity contribution in [2.24, 2.45) is 11.8 Å². The minimum Gasteiger partial charge on any atom is -0.481 e. The number of carboxylic acids is 1. The number of carbonyl (C=O) groups is 2. The van der Waals surface area contributed by atoms with E-state index in [0.717, 1.165) is 18.5 Å². The first-order valence-corrected chi connectivity index (χ1v) is 9.58. The Labute approximate surface area is 161 Å². The Balaban J connectivity index is 1.42. The summed E-state index contributed by atoms with van der Waals surface area (Å²) in [4.78, 5) is 28.5. The molecule has 26 heavy (non-hydrogen) atoms. The quantitative estimate of drug-likeness (QED) is 0.846. The molecule has 4 rings (SSSR count). The number of aliphatic carboxylic acids is 1. The summed E-state index contributed by atoms with van der Waals surface area (Å²) in [5.74, 6) is -2.28. The van der Waals surface area contributed by atoms with Crippen LogP contribution in [-0.4, -0.2) is 60.3 Å². The molecule has 140 valence electrons. The Morgan fingerprint density at radius 1 is 1.00 bits per heavy atom. The molecule has 2 bridgehead atoms. The van der Waals surface area contributed by atoms with Gasteiger partial charge in [-0.25, -0.2) is 0 Å². The van der Waals surface area contributed by atoms with Gasteiger partial charge in [-0.15, -0.1) is 0 Å². The van der Waals surface area contributed by atoms with Gasteiger partial charge in [0, 0.05) is 31.9 Å². The van der Waals surface area contributed by atoms with E-state index < -0.39 is 17.8 Å². The summed E-state index contributed by atoms with van der Waals surface area (Å²) in [6.45, 7) is 2.45. The van der Waals surface area contributed by atoms with Crippen LogP contribution in [0.15, 0.2) is 18.2 Å². The average molecular weight is 399 g/mol. The molecule has 1 N–H and O–H groups in total. The molecule has 1 amide bonds. The molecule has 6 nitrogen and oxygen atoms in total. The van der Waals surface area contributed by atoms with Crippen molar-refractivity contribution >= 4 is 40.8 Å². The van der Waals surface area contributed by atoms with Gasteiger partial charge in [0.1, 0.15) is 0 Å². The van der Waals surface area contributed by atoms with Gasteiger partial charge in [-0.1, -0.05) is 23.2 Å². The van der Waals surface area contributed by atoms with Crippen LogP contribution in [0, 0.1) is 11.8 Å². The first kappa shape index (κ1) is 17.9. The fourth-order valence-electron chi connectivity index (χ4n) is 4.38. The molecule has 8 heteroatoms. The summed E-state index contributed by atoms with van der Waals surface area (Å²) < 4.78 is 5.72. The average Bonchev–Trinajstić information content (AvgIpc) is 3.25. The number of hydrogen-bond acceptors (Lipinski definition) is 4. The van der Waals surface area contributed by atoms with E-state index in [-0.39, 0.29) is 18.1 Å². The van der Waals surface area contributed by atoms with Crippen molar-refractivity contribution in [1.29, 1.82) is 0 Å². The van der Waals surface area contributed by atoms with Crippen molar-refractivity contribution in [2.75, 3.05) is 31.1 Å². The first-order chi connectivity index (χ1) is 12.5. The Morgan fingerprint density at radius 3 is 2.27 bits per heavy atom. The van der Waals surface area contributed by atoms with E-state index in [2.05, 4.69) is 4.90 Å². The number of carboxylic acid groups (broad SMARTS) is 1. The highest BCUT2D eigenvalue weighted by molar-refractivity contribution is 6.42. The lowest BCUT2D eigenvalue weighted by molar-refractivity contribution is -0.151. The molecule has 1 aromatic rings. The van der Waals surface area contributed by atoms with E-state index in [1.807, 2.05) is 12.1 Å². The van der Waals surface area contributed by atoms with Gasteiger partial charge >= 0.3 is 5.97 Å². The van der Waals surface area contributed by atoms with Crippen LogP contribution in [-0.2, 0) is 14.3 Å². The third-order valence-corrected chi connectivity index (χ3v) is 6.44. The zero-order chi connectivity index (χ0) is 18.4. The molecule has 4 atom stereocenters. The number of ether oxygens (including phenoxy) is 1. The number of anilines is 1. The van der Waals surface area contributed by atoms with Crippen molar-refractivity contribution in [3.63, 3.8) is 0 Å². The van der Waals surface area contributed by atoms with E-state index in [1.165, 1.54) is 0 Å². The van der Waals surface area contributed by atoms with Crippen LogP contribution < -0.4 is 4.90 Å². The molecule has 0 spiro atoms. The zero-order valence-electron chi connectivity index (χ0n) is 14.1. The van der Waals surface area contributed by atoms with E-state index in [4.69, 9.17) is 27.9 Å². The fourth-order valence-corrected chi connectivity index (χ4v) is 4.68. The van der Waals surface area contributed by atoms with Crippen LogP contribution in [0.1, 0.15) is 12.8 Å². The summed E-state index contributed by atoms with van der Waals surface area (Å²) in [5, 5.41) is 10.5. The second kappa shape index (κ2) is 6.91. The topological polar surface area (TPSA) is 70.1 Å². The highest BCUT2D eigenvalue weighted by Crippen LogP contribution is 2.44. The fraction of sp³-hybridized carbons (Fsp3) is 0.556. The molecule has 3 heterocycles. The largest absolute Gasteiger partial charge is 0.481 e. The number of rotatable bonds is 3. The monoisotopic (exact) mass is 398 g/mol. The van der Waals surface area contributed by atoms with E-state index in [9.17, 15) is 14.7 Å². The summed E-state index contributed by atoms with van der Waals surface area (Å²) in [6.07, 6.45) is 0.940. The van der Waals surface area contributed by atoms with Crippen LogP contribution in [0.2, 0.25) is 10.0 Å². The minimum absolute atomic E-state index is 0.0848. The molecule has 0 radical (unpaired) electrons. The second-order valence-corrected chi connectivity index (χ2v) is 7.91. The van der Waals surface area contributed by atoms with Gasteiger partial charge in [0.15, 0.2) is 0 Å². The number of piperazine rings is 1. The molecule has 0 aromatic heterocycles. The lowest BCUT2D eigenvalue weighted by atomic mass is 9.78. The molecule has 0 unspecified atom stereocenters. The van der Waals surface area contributed by atoms with Gasteiger partial charge in [0.25, 0.3) is 0 Å². The third kappa shape index (κ3) is 3.04. The van der Waals surface area contributed by atoms with Crippen LogP contribution in [0.25, 0.3) is 0 Å². The van der Waals surface area contributed by atoms with Crippen molar-refractivity contribution in [1.82, 2.24) is 4.90 Å². The predicted molar refractivity (Wildman–Crippen MR) is 97.8 cm³/mol. The molecule has 1 aromatic carbocycles. The molecule has 3 fully saturated rings. The van der Waals surface area contributed by atoms with Crippen molar-refractivity contribution in [2.45, 2.75) is 25.0 Å². The maximum Gasteiger partial charge on any atom is 0.310 e. The van der Waals surface area contributed by atoms with Crippen molar-refractivity contribution < 1.29 is 19.4 Å². The summed E-state index contributed by atoms with van der Waals surface area (Å²) in [5.41, 5.74) is 0.971. The van der Waals surface area contributed by atoms with Crippen molar-refractivity contribution in [3.8, 4) is 0 Å². The number of benzene rings is 1. The highest BCUT2D eigenvalue weighted by atomic mass is 35.5. The lowest BCUT2D eigenvalue weighted by Crippen LogP contribution is -2.53. The maximum absolute atomic E-state index is 13.0. The van der Waals surface area contributed by atoms with Gasteiger partial charge in [-0.3, -0.25) is 9.59 Å². The van der Waals surface area contributed by atoms with Crippen LogP contribution in [0.5, 0.6) is 0 Å². The smallest absolute Gasteiger partial charge is 0.310 e. The molecule has 0 aliphatic carbocycles. The lowest BCUT2D eigenvalue weighted by Gasteiger charge is -2.38. The van der Waals surface area contributed by atoms with Gasteiger partial charge in [-0.2, -0.15) is 0 Å². The van der Waals surface area contributed by atoms with Crippen molar-refractivity contribution in [3.05, 3.63) is 28.2 Å². The number of amides is 1. The predicted octanol–water partition coefficient (Wildman–Crippen LogP) is 2.52. The Morgan fingerprint density at radius 2 is 1.65 bits per heavy atom. The van der Waals surface area contributed by atoms with Gasteiger partial charge < -0.3 is 19.6 Å². The van der Waals surface area contributed by atoms with Crippen LogP contribution >= 0.6 is 23.2 Å². The van der Waals surface area contributed by atoms with Crippen LogP contribution in [0.4, 0.5) is 5.69 Å². The Hall–Kier alpha value is -1.50. The molecular weight excluding hydrogens is 379 g/mol. The number of carbonyl (C=O) groups excluding carboxylic acids is 1. The summed E-state index contributed by atoms with van der Waals surface area (Å²) in [7, 11) is 0. The number of nitrogens with zero attached hydrogens (tertiary/aromatic N) is 2. The summed E-state index contributed by atoms with van der Waals surface area (Å²) in [6, 6.07) is 5.50. The molecule has 3 aliphatic heterocycles. The number of halogens is 2. The standard InChI is InChI=1S/C18H20Cl2N2O4/c19-11-2-1-10(9-12(11)20)21-5-7-22(8-6-21)17(23)15-13-3-4-14(26-13)16(15)18(24)25/h1-2,9,13-16H,3-8H2,(H,24,25)/t13-,14-,15-,16-/m1/s1. The molecule has 3 aliphatic rings. The van der Waals surface area contributed by atoms with E-state index in [1.54, 1.807) is 11.0 Å². The molecule has 3 saturated heterocycles. The summed E-state index contributed by atoms with van der Waals surface area (Å²) >= 11 is 12.1. The molecular formula is C18H20Cl2N2O4. The van der Waals surface area contributed by atoms with Gasteiger partial charge in [0.2, 0.25) is 5.91 Å². The molecule has 0 saturated carbocycles. The highest BCUT2D eigenvalue weighted by Gasteiger charge is 2.56.